The fraction of sp³-hybridized carbons (Fsp3) is 0.364. The van der Waals surface area contributed by atoms with Gasteiger partial charge in [0.25, 0.3) is 5.91 Å². The SMILES string of the molecule is Nc1nnc(SCC2=C(C(=O)O)N3C(=O)[C@](N)(NC=O)[C@H]3SC2)s1. The molecule has 2 amide bonds. The van der Waals surface area contributed by atoms with E-state index in [4.69, 9.17) is 11.5 Å². The first-order valence-corrected chi connectivity index (χ1v) is 9.36. The van der Waals surface area contributed by atoms with Crippen molar-refractivity contribution in [2.45, 2.75) is 15.4 Å². The van der Waals surface area contributed by atoms with Gasteiger partial charge in [-0.3, -0.25) is 20.2 Å². The summed E-state index contributed by atoms with van der Waals surface area (Å²) >= 11 is 3.80. The monoisotopic (exact) mass is 388 g/mol. The van der Waals surface area contributed by atoms with Crippen LogP contribution in [0.15, 0.2) is 15.6 Å². The number of hydrogen-bond donors (Lipinski definition) is 4. The summed E-state index contributed by atoms with van der Waals surface area (Å²) in [5, 5.41) is 19.0. The number of carboxylic acid groups (broad SMARTS) is 1. The Labute approximate surface area is 148 Å². The molecule has 13 heteroatoms. The first-order valence-electron chi connectivity index (χ1n) is 6.51. The molecular formula is C11H12N6O4S3. The van der Waals surface area contributed by atoms with Crippen LogP contribution in [0.25, 0.3) is 0 Å². The average Bonchev–Trinajstić information content (AvgIpc) is 2.97. The van der Waals surface area contributed by atoms with Gasteiger partial charge in [-0.2, -0.15) is 0 Å². The summed E-state index contributed by atoms with van der Waals surface area (Å²) < 4.78 is 0.614. The van der Waals surface area contributed by atoms with Crippen LogP contribution in [-0.4, -0.2) is 61.0 Å². The van der Waals surface area contributed by atoms with E-state index in [1.165, 1.54) is 34.9 Å². The Bertz CT molecular complexity index is 752. The predicted molar refractivity (Wildman–Crippen MR) is 88.9 cm³/mol. The van der Waals surface area contributed by atoms with Crippen LogP contribution < -0.4 is 16.8 Å². The molecule has 6 N–H and O–H groups in total. The maximum absolute atomic E-state index is 12.3. The van der Waals surface area contributed by atoms with Crippen molar-refractivity contribution in [1.29, 1.82) is 0 Å². The highest BCUT2D eigenvalue weighted by molar-refractivity contribution is 8.02. The number of aliphatic carboxylic acids is 1. The maximum Gasteiger partial charge on any atom is 0.352 e. The summed E-state index contributed by atoms with van der Waals surface area (Å²) in [5.74, 6) is -1.16. The first-order chi connectivity index (χ1) is 11.4. The zero-order valence-corrected chi connectivity index (χ0v) is 14.4. The zero-order chi connectivity index (χ0) is 17.5. The second-order valence-electron chi connectivity index (χ2n) is 4.92. The van der Waals surface area contributed by atoms with Gasteiger partial charge in [-0.1, -0.05) is 23.1 Å². The van der Waals surface area contributed by atoms with E-state index in [1.54, 1.807) is 0 Å². The molecule has 0 aromatic carbocycles. The number of nitrogens with two attached hydrogens (primary N) is 2. The number of carbonyl (C=O) groups excluding carboxylic acids is 2. The number of aromatic nitrogens is 2. The highest BCUT2D eigenvalue weighted by Crippen LogP contribution is 2.44. The third kappa shape index (κ3) is 2.62. The molecule has 3 rings (SSSR count). The standard InChI is InChI=1S/C11H12N6O4S3/c12-9-15-16-10(24-9)23-2-4-1-22-8-11(13,14-3-18)7(21)17(8)5(4)6(19)20/h3,8H,1-2,13H2,(H2,12,15)(H,14,18)(H,19,20)/t8-,11+/m1/s1. The lowest BCUT2D eigenvalue weighted by Gasteiger charge is -2.54. The normalized spacial score (nSPS) is 26.0. The van der Waals surface area contributed by atoms with Crippen molar-refractivity contribution in [2.24, 2.45) is 5.73 Å². The van der Waals surface area contributed by atoms with Crippen LogP contribution in [0.4, 0.5) is 5.13 Å². The van der Waals surface area contributed by atoms with Crippen LogP contribution in [0.3, 0.4) is 0 Å². The van der Waals surface area contributed by atoms with Crippen molar-refractivity contribution < 1.29 is 19.5 Å². The van der Waals surface area contributed by atoms with Gasteiger partial charge in [0.1, 0.15) is 11.1 Å². The first kappa shape index (κ1) is 17.0. The van der Waals surface area contributed by atoms with Crippen molar-refractivity contribution in [3.63, 3.8) is 0 Å². The molecule has 24 heavy (non-hydrogen) atoms. The zero-order valence-electron chi connectivity index (χ0n) is 12.0. The topological polar surface area (TPSA) is 165 Å². The molecule has 0 radical (unpaired) electrons. The van der Waals surface area contributed by atoms with E-state index in [0.717, 1.165) is 4.90 Å². The predicted octanol–water partition coefficient (Wildman–Crippen LogP) is -1.13. The quantitative estimate of drug-likeness (QED) is 0.203. The van der Waals surface area contributed by atoms with Gasteiger partial charge in [0, 0.05) is 11.5 Å². The Kier molecular flexibility index (Phi) is 4.42. The minimum Gasteiger partial charge on any atom is -0.477 e. The number of rotatable bonds is 6. The fourth-order valence-electron chi connectivity index (χ4n) is 2.41. The van der Waals surface area contributed by atoms with E-state index in [9.17, 15) is 19.5 Å². The van der Waals surface area contributed by atoms with Crippen molar-refractivity contribution >= 4 is 58.3 Å². The van der Waals surface area contributed by atoms with Gasteiger partial charge in [0.2, 0.25) is 17.2 Å². The Morgan fingerprint density at radius 1 is 1.58 bits per heavy atom. The summed E-state index contributed by atoms with van der Waals surface area (Å²) in [6, 6.07) is 0. The Morgan fingerprint density at radius 3 is 2.92 bits per heavy atom. The summed E-state index contributed by atoms with van der Waals surface area (Å²) in [4.78, 5) is 35.7. The molecule has 1 saturated heterocycles. The second-order valence-corrected chi connectivity index (χ2v) is 8.22. The third-order valence-electron chi connectivity index (χ3n) is 3.48. The van der Waals surface area contributed by atoms with Gasteiger partial charge in [-0.05, 0) is 5.57 Å². The highest BCUT2D eigenvalue weighted by Gasteiger charge is 2.62. The van der Waals surface area contributed by atoms with Gasteiger partial charge in [-0.25, -0.2) is 4.79 Å². The van der Waals surface area contributed by atoms with Gasteiger partial charge in [-0.15, -0.1) is 22.0 Å². The van der Waals surface area contributed by atoms with Crippen LogP contribution >= 0.6 is 34.9 Å². The molecule has 2 aliphatic heterocycles. The summed E-state index contributed by atoms with van der Waals surface area (Å²) in [6.07, 6.45) is 0.338. The lowest BCUT2D eigenvalue weighted by Crippen LogP contribution is -2.83. The molecule has 0 spiro atoms. The molecule has 1 aromatic rings. The number of nitrogens with zero attached hydrogens (tertiary/aromatic N) is 3. The number of fused-ring (bicyclic) bond motifs is 1. The summed E-state index contributed by atoms with van der Waals surface area (Å²) in [7, 11) is 0. The lowest BCUT2D eigenvalue weighted by molar-refractivity contribution is -0.157. The molecule has 10 nitrogen and oxygen atoms in total. The number of amides is 2. The van der Waals surface area contributed by atoms with E-state index in [1.807, 2.05) is 0 Å². The lowest BCUT2D eigenvalue weighted by atomic mass is 9.97. The van der Waals surface area contributed by atoms with E-state index >= 15 is 0 Å². The molecule has 2 aliphatic rings. The number of anilines is 1. The fourth-order valence-corrected chi connectivity index (χ4v) is 5.57. The van der Waals surface area contributed by atoms with Gasteiger partial charge in [0.15, 0.2) is 4.34 Å². The molecule has 0 bridgehead atoms. The van der Waals surface area contributed by atoms with Crippen molar-refractivity contribution in [3.05, 3.63) is 11.3 Å². The molecule has 0 unspecified atom stereocenters. The molecule has 1 aromatic heterocycles. The number of carbonyl (C=O) groups is 3. The molecule has 128 valence electrons. The van der Waals surface area contributed by atoms with Crippen LogP contribution in [0.1, 0.15) is 0 Å². The van der Waals surface area contributed by atoms with Crippen LogP contribution in [0.5, 0.6) is 0 Å². The van der Waals surface area contributed by atoms with Crippen LogP contribution in [-0.2, 0) is 14.4 Å². The van der Waals surface area contributed by atoms with E-state index in [2.05, 4.69) is 15.5 Å². The minimum absolute atomic E-state index is 0.0949. The number of thioether (sulfide) groups is 2. The Balaban J connectivity index is 1.83. The van der Waals surface area contributed by atoms with E-state index in [-0.39, 0.29) is 5.70 Å². The molecular weight excluding hydrogens is 376 g/mol. The molecule has 3 heterocycles. The molecule has 1 fully saturated rings. The summed E-state index contributed by atoms with van der Waals surface area (Å²) in [5.41, 5.74) is 10.3. The summed E-state index contributed by atoms with van der Waals surface area (Å²) in [6.45, 7) is 0. The van der Waals surface area contributed by atoms with E-state index < -0.39 is 22.9 Å². The smallest absolute Gasteiger partial charge is 0.352 e. The Morgan fingerprint density at radius 2 is 2.33 bits per heavy atom. The second kappa shape index (κ2) is 6.23. The van der Waals surface area contributed by atoms with Gasteiger partial charge >= 0.3 is 5.97 Å². The van der Waals surface area contributed by atoms with Gasteiger partial charge in [0.05, 0.1) is 0 Å². The van der Waals surface area contributed by atoms with Crippen molar-refractivity contribution in [3.8, 4) is 0 Å². The third-order valence-corrected chi connectivity index (χ3v) is 6.87. The average molecular weight is 388 g/mol. The number of nitrogen functional groups attached to an aromatic ring is 1. The molecule has 2 atom stereocenters. The maximum atomic E-state index is 12.3. The molecule has 0 saturated carbocycles. The number of nitrogens with one attached hydrogen (secondary N) is 1. The largest absolute Gasteiger partial charge is 0.477 e. The van der Waals surface area contributed by atoms with Crippen molar-refractivity contribution in [2.75, 3.05) is 17.2 Å². The van der Waals surface area contributed by atoms with Crippen molar-refractivity contribution in [1.82, 2.24) is 20.4 Å². The molecule has 0 aliphatic carbocycles. The highest BCUT2D eigenvalue weighted by atomic mass is 32.2. The number of hydrogen-bond acceptors (Lipinski definition) is 10. The number of β-lactam (4-membered cyclic amide) rings is 1. The Hall–Kier alpha value is -1.83. The minimum atomic E-state index is -1.57. The van der Waals surface area contributed by atoms with Crippen LogP contribution in [0, 0.1) is 0 Å². The van der Waals surface area contributed by atoms with Crippen LogP contribution in [0.2, 0.25) is 0 Å². The van der Waals surface area contributed by atoms with Gasteiger partial charge < -0.3 is 16.2 Å². The number of carboxylic acids is 1. The van der Waals surface area contributed by atoms with E-state index in [0.29, 0.717) is 33.0 Å².